The summed E-state index contributed by atoms with van der Waals surface area (Å²) in [6, 6.07) is 8.98. The number of allylic oxidation sites excluding steroid dienone is 1. The van der Waals surface area contributed by atoms with Gasteiger partial charge in [0.15, 0.2) is 9.47 Å². The number of hydrogen-bond acceptors (Lipinski definition) is 7. The number of thioether (sulfide) groups is 1. The van der Waals surface area contributed by atoms with Gasteiger partial charge >= 0.3 is 5.97 Å². The number of nitrogens with zero attached hydrogens (tertiary/aromatic N) is 2. The number of hydrogen-bond donors (Lipinski definition) is 0. The predicted molar refractivity (Wildman–Crippen MR) is 133 cm³/mol. The molecule has 0 bridgehead atoms. The summed E-state index contributed by atoms with van der Waals surface area (Å²) in [5.74, 6) is 0.0529. The number of halogens is 2. The number of ether oxygens (including phenoxy) is 1. The second-order valence-electron chi connectivity index (χ2n) is 6.85. The zero-order chi connectivity index (χ0) is 23.0. The molecule has 0 radical (unpaired) electrons. The van der Waals surface area contributed by atoms with Gasteiger partial charge in [0, 0.05) is 11.0 Å². The van der Waals surface area contributed by atoms with Gasteiger partial charge in [-0.15, -0.1) is 11.8 Å². The lowest BCUT2D eigenvalue weighted by Gasteiger charge is -2.24. The Labute approximate surface area is 208 Å². The fourth-order valence-corrected chi connectivity index (χ4v) is 5.50. The van der Waals surface area contributed by atoms with Crippen molar-refractivity contribution in [3.8, 4) is 0 Å². The van der Waals surface area contributed by atoms with E-state index in [2.05, 4.69) is 36.9 Å². The van der Waals surface area contributed by atoms with E-state index in [1.807, 2.05) is 30.5 Å². The third-order valence-electron chi connectivity index (χ3n) is 4.89. The first-order valence-corrected chi connectivity index (χ1v) is 13.2. The van der Waals surface area contributed by atoms with Crippen LogP contribution in [0.5, 0.6) is 0 Å². The van der Waals surface area contributed by atoms with E-state index in [1.54, 1.807) is 42.3 Å². The molecule has 6 nitrogen and oxygen atoms in total. The molecule has 4 rings (SSSR count). The van der Waals surface area contributed by atoms with Gasteiger partial charge < -0.3 is 9.15 Å². The van der Waals surface area contributed by atoms with Crippen LogP contribution in [0.25, 0.3) is 6.08 Å². The first kappa shape index (κ1) is 23.3. The van der Waals surface area contributed by atoms with Crippen LogP contribution in [0, 0.1) is 0 Å². The minimum absolute atomic E-state index is 0.237. The SMILES string of the molecule is CCOC(=O)C1=C(C)N=c2s/c(=C/c3cc(Br)c(Br)o3)c(=O)n2[C@H]1c1ccc(SC)cc1. The molecule has 3 heterocycles. The van der Waals surface area contributed by atoms with Gasteiger partial charge in [0.25, 0.3) is 5.56 Å². The summed E-state index contributed by atoms with van der Waals surface area (Å²) in [5, 5.41) is 0. The fourth-order valence-electron chi connectivity index (χ4n) is 3.46. The van der Waals surface area contributed by atoms with E-state index in [-0.39, 0.29) is 12.2 Å². The minimum atomic E-state index is -0.626. The molecule has 10 heteroatoms. The summed E-state index contributed by atoms with van der Waals surface area (Å²) in [6.07, 6.45) is 3.67. The number of carbonyl (C=O) groups is 1. The summed E-state index contributed by atoms with van der Waals surface area (Å²) in [6.45, 7) is 3.76. The molecule has 166 valence electrons. The summed E-state index contributed by atoms with van der Waals surface area (Å²) >= 11 is 9.58. The van der Waals surface area contributed by atoms with Crippen LogP contribution in [-0.4, -0.2) is 23.4 Å². The molecule has 1 aliphatic heterocycles. The van der Waals surface area contributed by atoms with E-state index in [9.17, 15) is 9.59 Å². The van der Waals surface area contributed by atoms with Crippen LogP contribution in [0.3, 0.4) is 0 Å². The lowest BCUT2D eigenvalue weighted by molar-refractivity contribution is -0.139. The molecule has 0 amide bonds. The normalized spacial score (nSPS) is 16.2. The Bertz CT molecular complexity index is 1380. The van der Waals surface area contributed by atoms with Gasteiger partial charge in [-0.25, -0.2) is 9.79 Å². The number of benzene rings is 1. The molecule has 0 N–H and O–H groups in total. The predicted octanol–water partition coefficient (Wildman–Crippen LogP) is 4.64. The Balaban J connectivity index is 1.94. The quantitative estimate of drug-likeness (QED) is 0.316. The van der Waals surface area contributed by atoms with E-state index in [4.69, 9.17) is 9.15 Å². The standard InChI is InChI=1S/C22H18Br2N2O4S2/c1-4-29-21(28)17-11(2)25-22-26(18(17)12-5-7-14(31-3)8-6-12)20(27)16(32-22)10-13-9-15(23)19(24)30-13/h5-10,18H,4H2,1-3H3/b16-10+/t18-/m0/s1. The first-order chi connectivity index (χ1) is 15.3. The monoisotopic (exact) mass is 596 g/mol. The Kier molecular flexibility index (Phi) is 6.94. The lowest BCUT2D eigenvalue weighted by atomic mass is 9.96. The molecule has 2 aromatic heterocycles. The van der Waals surface area contributed by atoms with Gasteiger partial charge in [-0.3, -0.25) is 9.36 Å². The summed E-state index contributed by atoms with van der Waals surface area (Å²) in [7, 11) is 0. The maximum Gasteiger partial charge on any atom is 0.338 e. The lowest BCUT2D eigenvalue weighted by Crippen LogP contribution is -2.39. The van der Waals surface area contributed by atoms with Crippen molar-refractivity contribution in [1.82, 2.24) is 4.57 Å². The topological polar surface area (TPSA) is 73.8 Å². The van der Waals surface area contributed by atoms with Gasteiger partial charge in [-0.1, -0.05) is 23.5 Å². The fraction of sp³-hybridized carbons (Fsp3) is 0.227. The molecule has 0 spiro atoms. The van der Waals surface area contributed by atoms with Crippen LogP contribution in [0.2, 0.25) is 0 Å². The third-order valence-corrected chi connectivity index (χ3v) is 8.32. The maximum atomic E-state index is 13.5. The molecule has 0 aliphatic carbocycles. The molecule has 1 aromatic carbocycles. The van der Waals surface area contributed by atoms with Crippen molar-refractivity contribution in [1.29, 1.82) is 0 Å². The van der Waals surface area contributed by atoms with Gasteiger partial charge in [0.1, 0.15) is 5.76 Å². The van der Waals surface area contributed by atoms with Gasteiger partial charge in [0.05, 0.1) is 32.9 Å². The third kappa shape index (κ3) is 4.33. The smallest absolute Gasteiger partial charge is 0.338 e. The van der Waals surface area contributed by atoms with Crippen molar-refractivity contribution in [3.05, 3.63) is 81.8 Å². The molecule has 1 aliphatic rings. The van der Waals surface area contributed by atoms with Crippen LogP contribution in [0.4, 0.5) is 0 Å². The molecule has 0 saturated heterocycles. The van der Waals surface area contributed by atoms with Crippen molar-refractivity contribution < 1.29 is 13.9 Å². The second-order valence-corrected chi connectivity index (χ2v) is 10.3. The largest absolute Gasteiger partial charge is 0.463 e. The van der Waals surface area contributed by atoms with Gasteiger partial charge in [-0.2, -0.15) is 0 Å². The van der Waals surface area contributed by atoms with Crippen molar-refractivity contribution in [2.45, 2.75) is 24.8 Å². The van der Waals surface area contributed by atoms with Crippen molar-refractivity contribution in [2.24, 2.45) is 4.99 Å². The van der Waals surface area contributed by atoms with Crippen LogP contribution < -0.4 is 14.9 Å². The van der Waals surface area contributed by atoms with E-state index < -0.39 is 12.0 Å². The van der Waals surface area contributed by atoms with Gasteiger partial charge in [0.2, 0.25) is 0 Å². The Morgan fingerprint density at radius 2 is 2.06 bits per heavy atom. The average Bonchev–Trinajstić information content (AvgIpc) is 3.25. The zero-order valence-electron chi connectivity index (χ0n) is 17.3. The molecule has 0 unspecified atom stereocenters. The number of carbonyl (C=O) groups excluding carboxylic acids is 1. The Morgan fingerprint density at radius 3 is 2.66 bits per heavy atom. The molecular weight excluding hydrogens is 580 g/mol. The molecule has 1 atom stereocenters. The Morgan fingerprint density at radius 1 is 1.34 bits per heavy atom. The van der Waals surface area contributed by atoms with Crippen molar-refractivity contribution in [3.63, 3.8) is 0 Å². The highest BCUT2D eigenvalue weighted by molar-refractivity contribution is 9.13. The second kappa shape index (κ2) is 9.54. The minimum Gasteiger partial charge on any atom is -0.463 e. The van der Waals surface area contributed by atoms with Crippen molar-refractivity contribution in [2.75, 3.05) is 12.9 Å². The van der Waals surface area contributed by atoms with E-state index in [1.165, 1.54) is 11.3 Å². The summed E-state index contributed by atoms with van der Waals surface area (Å²) < 4.78 is 14.2. The Hall–Kier alpha value is -1.88. The molecule has 3 aromatic rings. The maximum absolute atomic E-state index is 13.5. The van der Waals surface area contributed by atoms with E-state index >= 15 is 0 Å². The molecule has 0 saturated carbocycles. The zero-order valence-corrected chi connectivity index (χ0v) is 22.2. The first-order valence-electron chi connectivity index (χ1n) is 9.62. The van der Waals surface area contributed by atoms with Gasteiger partial charge in [-0.05, 0) is 75.7 Å². The number of thiazole rings is 1. The van der Waals surface area contributed by atoms with Crippen LogP contribution in [0.1, 0.15) is 31.2 Å². The highest BCUT2D eigenvalue weighted by Crippen LogP contribution is 2.32. The summed E-state index contributed by atoms with van der Waals surface area (Å²) in [4.78, 5) is 32.6. The number of fused-ring (bicyclic) bond motifs is 1. The van der Waals surface area contributed by atoms with E-state index in [0.717, 1.165) is 14.9 Å². The number of furan rings is 1. The van der Waals surface area contributed by atoms with E-state index in [0.29, 0.717) is 31.0 Å². The van der Waals surface area contributed by atoms with Crippen molar-refractivity contribution >= 4 is 67.0 Å². The molecular formula is C22H18Br2N2O4S2. The average molecular weight is 598 g/mol. The van der Waals surface area contributed by atoms with Crippen LogP contribution in [0.15, 0.2) is 69.8 Å². The van der Waals surface area contributed by atoms with Crippen LogP contribution >= 0.6 is 55.0 Å². The number of aromatic nitrogens is 1. The highest BCUT2D eigenvalue weighted by Gasteiger charge is 2.33. The summed E-state index contributed by atoms with van der Waals surface area (Å²) in [5.41, 5.74) is 1.48. The van der Waals surface area contributed by atoms with Crippen LogP contribution in [-0.2, 0) is 9.53 Å². The highest BCUT2D eigenvalue weighted by atomic mass is 79.9. The molecule has 0 fully saturated rings. The molecule has 32 heavy (non-hydrogen) atoms. The number of rotatable bonds is 5. The number of esters is 1.